The van der Waals surface area contributed by atoms with Crippen molar-refractivity contribution in [3.05, 3.63) is 82.6 Å². The lowest BCUT2D eigenvalue weighted by Crippen LogP contribution is -2.43. The summed E-state index contributed by atoms with van der Waals surface area (Å²) >= 11 is 1.24. The van der Waals surface area contributed by atoms with E-state index in [1.807, 2.05) is 42.5 Å². The van der Waals surface area contributed by atoms with E-state index in [4.69, 9.17) is 9.47 Å². The normalized spacial score (nSPS) is 15.2. The summed E-state index contributed by atoms with van der Waals surface area (Å²) in [7, 11) is -4.42. The van der Waals surface area contributed by atoms with Gasteiger partial charge in [-0.15, -0.1) is 0 Å². The van der Waals surface area contributed by atoms with E-state index in [0.29, 0.717) is 11.1 Å². The van der Waals surface area contributed by atoms with E-state index in [2.05, 4.69) is 10.6 Å². The standard InChI is InChI=1S/C31H37N2O9PS/c1-19(2)30(37)41-21(4)42-31(38)33-28(25-14-15-44-18-25)43(39,40)17-26(27(34)32-20(3)29(35)36)16-22-10-12-24(13-11-22)23-8-6-5-7-9-23/h5-15,18-21,26,28H,16-17H2,1-4H3,(H,32,34)(H,33,38)(H,35,36)(H,39,40)/t20-,21?,26+,28+/m0/s1. The number of nitrogens with one attached hydrogen (secondary N) is 2. The van der Waals surface area contributed by atoms with Crippen molar-refractivity contribution in [1.29, 1.82) is 0 Å². The molecule has 44 heavy (non-hydrogen) atoms. The highest BCUT2D eigenvalue weighted by molar-refractivity contribution is 7.58. The summed E-state index contributed by atoms with van der Waals surface area (Å²) in [5, 5.41) is 17.4. The molecule has 3 aromatic rings. The smallest absolute Gasteiger partial charge is 0.411 e. The third-order valence-corrected chi connectivity index (χ3v) is 9.57. The molecule has 4 N–H and O–H groups in total. The van der Waals surface area contributed by atoms with Gasteiger partial charge in [-0.3, -0.25) is 18.9 Å². The van der Waals surface area contributed by atoms with Crippen LogP contribution in [0.2, 0.25) is 0 Å². The summed E-state index contributed by atoms with van der Waals surface area (Å²) in [5.74, 6) is -5.61. The van der Waals surface area contributed by atoms with E-state index >= 15 is 0 Å². The van der Waals surface area contributed by atoms with Crippen molar-refractivity contribution < 1.29 is 43.2 Å². The molecule has 0 fully saturated rings. The van der Waals surface area contributed by atoms with Gasteiger partial charge >= 0.3 is 18.0 Å². The van der Waals surface area contributed by atoms with Crippen molar-refractivity contribution in [1.82, 2.24) is 10.6 Å². The summed E-state index contributed by atoms with van der Waals surface area (Å²) in [4.78, 5) is 60.7. The lowest BCUT2D eigenvalue weighted by Gasteiger charge is -2.27. The fraction of sp³-hybridized carbons (Fsp3) is 0.355. The number of esters is 1. The number of ether oxygens (including phenoxy) is 2. The van der Waals surface area contributed by atoms with Crippen molar-refractivity contribution in [2.45, 2.75) is 52.2 Å². The van der Waals surface area contributed by atoms with Crippen LogP contribution in [0.1, 0.15) is 44.6 Å². The lowest BCUT2D eigenvalue weighted by atomic mass is 9.97. The van der Waals surface area contributed by atoms with Gasteiger partial charge < -0.3 is 30.1 Å². The Hall–Kier alpha value is -3.99. The molecule has 236 valence electrons. The van der Waals surface area contributed by atoms with Gasteiger partial charge in [0.2, 0.25) is 19.6 Å². The van der Waals surface area contributed by atoms with Crippen LogP contribution in [0.4, 0.5) is 4.79 Å². The van der Waals surface area contributed by atoms with Crippen LogP contribution in [0.25, 0.3) is 11.1 Å². The predicted octanol–water partition coefficient (Wildman–Crippen LogP) is 5.40. The number of carboxylic acid groups (broad SMARTS) is 1. The third kappa shape index (κ3) is 10.0. The molecule has 1 aromatic heterocycles. The first kappa shape index (κ1) is 34.5. The second kappa shape index (κ2) is 15.7. The van der Waals surface area contributed by atoms with Gasteiger partial charge in [-0.1, -0.05) is 68.4 Å². The maximum Gasteiger partial charge on any atom is 0.411 e. The van der Waals surface area contributed by atoms with Gasteiger partial charge in [-0.25, -0.2) is 4.79 Å². The van der Waals surface area contributed by atoms with Gasteiger partial charge in [0.05, 0.1) is 11.8 Å². The van der Waals surface area contributed by atoms with Gasteiger partial charge in [0.15, 0.2) is 0 Å². The van der Waals surface area contributed by atoms with Gasteiger partial charge in [-0.05, 0) is 52.4 Å². The van der Waals surface area contributed by atoms with Crippen molar-refractivity contribution >= 4 is 42.6 Å². The van der Waals surface area contributed by atoms with Crippen molar-refractivity contribution in [3.63, 3.8) is 0 Å². The quantitative estimate of drug-likeness (QED) is 0.102. The Kier molecular flexibility index (Phi) is 12.3. The minimum atomic E-state index is -4.42. The van der Waals surface area contributed by atoms with E-state index in [1.54, 1.807) is 42.8 Å². The molecule has 0 saturated carbocycles. The van der Waals surface area contributed by atoms with Crippen LogP contribution in [0.3, 0.4) is 0 Å². The van der Waals surface area contributed by atoms with Crippen LogP contribution < -0.4 is 10.6 Å². The number of benzene rings is 2. The molecule has 0 aliphatic carbocycles. The van der Waals surface area contributed by atoms with E-state index < -0.39 is 67.4 Å². The molecule has 0 aliphatic rings. The van der Waals surface area contributed by atoms with E-state index in [-0.39, 0.29) is 6.42 Å². The van der Waals surface area contributed by atoms with Crippen LogP contribution in [-0.2, 0) is 34.8 Å². The topological polar surface area (TPSA) is 168 Å². The molecule has 1 heterocycles. The Morgan fingerprint density at radius 1 is 0.886 bits per heavy atom. The molecule has 5 atom stereocenters. The average molecular weight is 645 g/mol. The number of carboxylic acids is 1. The number of amides is 2. The number of alkyl carbamates (subject to hydrolysis) is 1. The van der Waals surface area contributed by atoms with Crippen LogP contribution in [0.15, 0.2) is 71.4 Å². The Morgan fingerprint density at radius 3 is 2.09 bits per heavy atom. The fourth-order valence-electron chi connectivity index (χ4n) is 4.27. The SMILES string of the molecule is CC(OC(=O)N[C@@H](c1ccsc1)P(=O)(O)C[C@@H](Cc1ccc(-c2ccccc2)cc1)C(=O)N[C@@H](C)C(=O)O)OC(=O)C(C)C. The molecule has 2 amide bonds. The molecule has 0 bridgehead atoms. The Balaban J connectivity index is 1.84. The van der Waals surface area contributed by atoms with Crippen LogP contribution in [0, 0.1) is 11.8 Å². The molecular formula is C31H37N2O9PS. The Bertz CT molecular complexity index is 1460. The molecule has 0 aliphatic heterocycles. The number of rotatable bonds is 14. The summed E-state index contributed by atoms with van der Waals surface area (Å²) in [5.41, 5.74) is 2.94. The van der Waals surface area contributed by atoms with E-state index in [9.17, 15) is 33.7 Å². The predicted molar refractivity (Wildman–Crippen MR) is 166 cm³/mol. The highest BCUT2D eigenvalue weighted by Crippen LogP contribution is 2.56. The molecule has 0 spiro atoms. The largest absolute Gasteiger partial charge is 0.480 e. The van der Waals surface area contributed by atoms with Crippen LogP contribution >= 0.6 is 18.7 Å². The summed E-state index contributed by atoms with van der Waals surface area (Å²) in [6, 6.07) is 17.3. The van der Waals surface area contributed by atoms with Crippen molar-refractivity contribution in [3.8, 4) is 11.1 Å². The number of thiophene rings is 1. The maximum absolute atomic E-state index is 14.0. The number of carbonyl (C=O) groups is 4. The number of hydrogen-bond acceptors (Lipinski definition) is 8. The maximum atomic E-state index is 14.0. The van der Waals surface area contributed by atoms with Gasteiger partial charge in [0.1, 0.15) is 11.8 Å². The second-order valence-corrected chi connectivity index (χ2v) is 13.8. The molecule has 2 unspecified atom stereocenters. The molecule has 2 aromatic carbocycles. The fourth-order valence-corrected chi connectivity index (χ4v) is 7.13. The molecule has 11 nitrogen and oxygen atoms in total. The molecule has 0 radical (unpaired) electrons. The molecule has 13 heteroatoms. The first-order chi connectivity index (χ1) is 20.8. The minimum Gasteiger partial charge on any atom is -0.480 e. The van der Waals surface area contributed by atoms with Gasteiger partial charge in [-0.2, -0.15) is 11.3 Å². The van der Waals surface area contributed by atoms with Crippen molar-refractivity contribution in [2.75, 3.05) is 6.16 Å². The van der Waals surface area contributed by atoms with E-state index in [0.717, 1.165) is 11.1 Å². The number of hydrogen-bond donors (Lipinski definition) is 4. The molecular weight excluding hydrogens is 607 g/mol. The van der Waals surface area contributed by atoms with Crippen LogP contribution in [0.5, 0.6) is 0 Å². The molecule has 0 saturated heterocycles. The van der Waals surface area contributed by atoms with Crippen LogP contribution in [-0.4, -0.2) is 52.4 Å². The highest BCUT2D eigenvalue weighted by atomic mass is 32.1. The highest BCUT2D eigenvalue weighted by Gasteiger charge is 2.39. The minimum absolute atomic E-state index is 0.0286. The Morgan fingerprint density at radius 2 is 1.52 bits per heavy atom. The lowest BCUT2D eigenvalue weighted by molar-refractivity contribution is -0.168. The number of aliphatic carboxylic acids is 1. The monoisotopic (exact) mass is 644 g/mol. The van der Waals surface area contributed by atoms with E-state index in [1.165, 1.54) is 25.2 Å². The average Bonchev–Trinajstić information content (AvgIpc) is 3.50. The number of carbonyl (C=O) groups excluding carboxylic acids is 3. The zero-order valence-electron chi connectivity index (χ0n) is 24.8. The zero-order chi connectivity index (χ0) is 32.4. The second-order valence-electron chi connectivity index (χ2n) is 10.6. The van der Waals surface area contributed by atoms with Gasteiger partial charge in [0, 0.05) is 13.1 Å². The zero-order valence-corrected chi connectivity index (χ0v) is 26.5. The summed E-state index contributed by atoms with van der Waals surface area (Å²) in [6.07, 6.45) is -2.91. The van der Waals surface area contributed by atoms with Crippen molar-refractivity contribution in [2.24, 2.45) is 11.8 Å². The first-order valence-corrected chi connectivity index (χ1v) is 16.8. The summed E-state index contributed by atoms with van der Waals surface area (Å²) < 4.78 is 24.1. The Labute approximate surface area is 260 Å². The molecule has 3 rings (SSSR count). The third-order valence-electron chi connectivity index (χ3n) is 6.67. The van der Waals surface area contributed by atoms with Gasteiger partial charge in [0.25, 0.3) is 0 Å². The summed E-state index contributed by atoms with van der Waals surface area (Å²) in [6.45, 7) is 5.87. The first-order valence-electron chi connectivity index (χ1n) is 14.0.